The molecule has 0 aliphatic carbocycles. The van der Waals surface area contributed by atoms with Crippen molar-refractivity contribution in [1.29, 1.82) is 0 Å². The van der Waals surface area contributed by atoms with Crippen LogP contribution >= 0.6 is 0 Å². The van der Waals surface area contributed by atoms with E-state index in [4.69, 9.17) is 9.47 Å². The second-order valence-corrected chi connectivity index (χ2v) is 18.6. The molecule has 0 rings (SSSR count). The lowest BCUT2D eigenvalue weighted by molar-refractivity contribution is -0.161. The molecule has 1 unspecified atom stereocenters. The number of rotatable bonds is 51. The number of esters is 2. The van der Waals surface area contributed by atoms with Crippen LogP contribution in [0.25, 0.3) is 0 Å². The highest BCUT2D eigenvalue weighted by molar-refractivity contribution is 5.70. The lowest BCUT2D eigenvalue weighted by Crippen LogP contribution is -2.28. The summed E-state index contributed by atoms with van der Waals surface area (Å²) in [4.78, 5) is 24.5. The zero-order valence-corrected chi connectivity index (χ0v) is 44.3. The van der Waals surface area contributed by atoms with Crippen LogP contribution in [0, 0.1) is 0 Å². The van der Waals surface area contributed by atoms with Gasteiger partial charge in [0.2, 0.25) is 0 Å². The average molecular weight is 944 g/mol. The molecule has 0 aliphatic heterocycles. The Kier molecular flexibility index (Phi) is 54.9. The predicted octanol–water partition coefficient (Wildman–Crippen LogP) is 19.3. The Morgan fingerprint density at radius 3 is 0.956 bits per heavy atom. The quantitative estimate of drug-likeness (QED) is 0.0374. The first-order valence-corrected chi connectivity index (χ1v) is 28.4. The Labute approximate surface area is 421 Å². The molecule has 68 heavy (non-hydrogen) atoms. The van der Waals surface area contributed by atoms with Gasteiger partial charge in [0.25, 0.3) is 0 Å². The van der Waals surface area contributed by atoms with E-state index in [2.05, 4.69) is 123 Å². The van der Waals surface area contributed by atoms with Crippen molar-refractivity contribution < 1.29 is 24.2 Å². The summed E-state index contributed by atoms with van der Waals surface area (Å²) in [5.41, 5.74) is 0. The average Bonchev–Trinajstić information content (AvgIpc) is 3.34. The topological polar surface area (TPSA) is 72.8 Å². The zero-order chi connectivity index (χ0) is 49.2. The molecular formula is C63H106O5. The minimum Gasteiger partial charge on any atom is -0.462 e. The van der Waals surface area contributed by atoms with Crippen LogP contribution in [-0.2, 0) is 19.1 Å². The summed E-state index contributed by atoms with van der Waals surface area (Å²) in [5.74, 6) is -0.599. The van der Waals surface area contributed by atoms with E-state index >= 15 is 0 Å². The monoisotopic (exact) mass is 943 g/mol. The molecule has 1 atom stereocenters. The van der Waals surface area contributed by atoms with E-state index in [9.17, 15) is 14.7 Å². The molecule has 0 aliphatic rings. The van der Waals surface area contributed by atoms with Gasteiger partial charge in [-0.1, -0.05) is 252 Å². The van der Waals surface area contributed by atoms with Crippen LogP contribution in [0.1, 0.15) is 258 Å². The second kappa shape index (κ2) is 57.9. The van der Waals surface area contributed by atoms with Crippen molar-refractivity contribution in [3.05, 3.63) is 109 Å². The fourth-order valence-electron chi connectivity index (χ4n) is 7.80. The third-order valence-electron chi connectivity index (χ3n) is 12.1. The molecule has 0 aromatic rings. The van der Waals surface area contributed by atoms with Crippen LogP contribution in [0.4, 0.5) is 0 Å². The summed E-state index contributed by atoms with van der Waals surface area (Å²) in [6, 6.07) is 0. The van der Waals surface area contributed by atoms with Gasteiger partial charge in [0.1, 0.15) is 6.61 Å². The first-order valence-electron chi connectivity index (χ1n) is 28.4. The maximum Gasteiger partial charge on any atom is 0.306 e. The van der Waals surface area contributed by atoms with Gasteiger partial charge < -0.3 is 14.6 Å². The largest absolute Gasteiger partial charge is 0.462 e. The third kappa shape index (κ3) is 55.2. The molecule has 0 heterocycles. The van der Waals surface area contributed by atoms with Gasteiger partial charge in [0, 0.05) is 12.8 Å². The number of hydrogen-bond acceptors (Lipinski definition) is 5. The van der Waals surface area contributed by atoms with Crippen molar-refractivity contribution >= 4 is 11.9 Å². The highest BCUT2D eigenvalue weighted by atomic mass is 16.6. The van der Waals surface area contributed by atoms with Gasteiger partial charge in [0.15, 0.2) is 6.10 Å². The molecular weight excluding hydrogens is 837 g/mol. The molecule has 0 fully saturated rings. The predicted molar refractivity (Wildman–Crippen MR) is 297 cm³/mol. The van der Waals surface area contributed by atoms with E-state index in [0.29, 0.717) is 12.8 Å². The number of carbonyl (C=O) groups is 2. The summed E-state index contributed by atoms with van der Waals surface area (Å²) >= 11 is 0. The van der Waals surface area contributed by atoms with E-state index in [1.165, 1.54) is 135 Å². The van der Waals surface area contributed by atoms with Crippen LogP contribution in [0.3, 0.4) is 0 Å². The Hall–Kier alpha value is -3.44. The summed E-state index contributed by atoms with van der Waals surface area (Å²) in [6.07, 6.45) is 83.5. The molecule has 0 aromatic carbocycles. The Balaban J connectivity index is 3.51. The molecule has 0 radical (unpaired) electrons. The van der Waals surface area contributed by atoms with Crippen LogP contribution < -0.4 is 0 Å². The lowest BCUT2D eigenvalue weighted by Gasteiger charge is -2.15. The Morgan fingerprint density at radius 1 is 0.353 bits per heavy atom. The molecule has 0 amide bonds. The minimum absolute atomic E-state index is 0.0729. The number of aliphatic hydroxyl groups is 1. The fraction of sp³-hybridized carbons (Fsp3) is 0.683. The standard InChI is InChI=1S/C63H106O5/c1-3-5-7-9-11-13-15-17-19-21-22-23-24-25-26-27-28-29-30-31-32-33-34-35-36-37-38-39-40-42-44-46-48-50-52-54-56-58-63(66)68-61(59-64)60-67-62(65)57-55-53-51-49-47-45-43-41-20-18-16-14-12-10-8-6-4-2/h5,7,11-14,17-20,22-23,25-26,28-29,31-32,61,64H,3-4,6,8-10,15-16,21,24,27,30,33-60H2,1-2H3/b7-5-,13-11-,14-12-,19-17-,20-18-,23-22-,26-25-,29-28-,32-31-. The first-order chi connectivity index (χ1) is 33.6. The van der Waals surface area contributed by atoms with E-state index in [1.54, 1.807) is 0 Å². The summed E-state index contributed by atoms with van der Waals surface area (Å²) in [7, 11) is 0. The molecule has 5 nitrogen and oxygen atoms in total. The molecule has 0 spiro atoms. The maximum absolute atomic E-state index is 12.3. The number of hydrogen-bond donors (Lipinski definition) is 1. The minimum atomic E-state index is -0.781. The van der Waals surface area contributed by atoms with Gasteiger partial charge in [-0.25, -0.2) is 0 Å². The van der Waals surface area contributed by atoms with E-state index in [1.807, 2.05) is 0 Å². The number of carbonyl (C=O) groups excluding carboxylic acids is 2. The molecule has 0 saturated carbocycles. The van der Waals surface area contributed by atoms with Crippen LogP contribution in [0.5, 0.6) is 0 Å². The number of allylic oxidation sites excluding steroid dienone is 18. The smallest absolute Gasteiger partial charge is 0.306 e. The maximum atomic E-state index is 12.3. The highest BCUT2D eigenvalue weighted by Gasteiger charge is 2.16. The van der Waals surface area contributed by atoms with Crippen molar-refractivity contribution in [2.75, 3.05) is 13.2 Å². The normalized spacial score (nSPS) is 13.0. The molecule has 0 bridgehead atoms. The van der Waals surface area contributed by atoms with Gasteiger partial charge in [-0.2, -0.15) is 0 Å². The second-order valence-electron chi connectivity index (χ2n) is 18.6. The number of ether oxygens (including phenoxy) is 2. The third-order valence-corrected chi connectivity index (χ3v) is 12.1. The van der Waals surface area contributed by atoms with Crippen LogP contribution in [0.2, 0.25) is 0 Å². The van der Waals surface area contributed by atoms with Gasteiger partial charge in [-0.05, 0) is 103 Å². The van der Waals surface area contributed by atoms with E-state index in [0.717, 1.165) is 96.3 Å². The van der Waals surface area contributed by atoms with Crippen molar-refractivity contribution in [2.45, 2.75) is 264 Å². The Bertz CT molecular complexity index is 1340. The highest BCUT2D eigenvalue weighted by Crippen LogP contribution is 2.15. The fourth-order valence-corrected chi connectivity index (χ4v) is 7.80. The van der Waals surface area contributed by atoms with Gasteiger partial charge in [-0.15, -0.1) is 0 Å². The molecule has 0 aromatic heterocycles. The van der Waals surface area contributed by atoms with Crippen LogP contribution in [-0.4, -0.2) is 36.4 Å². The van der Waals surface area contributed by atoms with Crippen molar-refractivity contribution in [3.8, 4) is 0 Å². The lowest BCUT2D eigenvalue weighted by atomic mass is 10.0. The first kappa shape index (κ1) is 64.6. The summed E-state index contributed by atoms with van der Waals surface area (Å²) < 4.78 is 10.7. The van der Waals surface area contributed by atoms with Gasteiger partial charge in [-0.3, -0.25) is 9.59 Å². The number of aliphatic hydroxyl groups excluding tert-OH is 1. The van der Waals surface area contributed by atoms with E-state index in [-0.39, 0.29) is 25.2 Å². The SMILES string of the molecule is CC/C=C\C/C=C\C/C=C\C/C=C\C/C=C\C/C=C\C/C=C\CCCCCCCCCCCCCCCCCC(=O)OC(CO)COC(=O)CCCCCCCCC/C=C\C/C=C\CCCCC. The van der Waals surface area contributed by atoms with E-state index < -0.39 is 6.10 Å². The molecule has 388 valence electrons. The number of unbranched alkanes of at least 4 members (excludes halogenated alkanes) is 25. The van der Waals surface area contributed by atoms with Gasteiger partial charge in [0.05, 0.1) is 6.61 Å². The molecule has 0 saturated heterocycles. The Morgan fingerprint density at radius 2 is 0.632 bits per heavy atom. The summed E-state index contributed by atoms with van der Waals surface area (Å²) in [6.45, 7) is 4.00. The zero-order valence-electron chi connectivity index (χ0n) is 44.3. The van der Waals surface area contributed by atoms with Crippen molar-refractivity contribution in [3.63, 3.8) is 0 Å². The summed E-state index contributed by atoms with van der Waals surface area (Å²) in [5, 5.41) is 9.64. The molecule has 1 N–H and O–H groups in total. The van der Waals surface area contributed by atoms with Crippen molar-refractivity contribution in [1.82, 2.24) is 0 Å². The molecule has 5 heteroatoms. The van der Waals surface area contributed by atoms with Crippen molar-refractivity contribution in [2.24, 2.45) is 0 Å². The van der Waals surface area contributed by atoms with Gasteiger partial charge >= 0.3 is 11.9 Å². The van der Waals surface area contributed by atoms with Crippen LogP contribution in [0.15, 0.2) is 109 Å².